The Morgan fingerprint density at radius 2 is 1.95 bits per heavy atom. The number of ether oxygens (including phenoxy) is 1. The lowest BCUT2D eigenvalue weighted by molar-refractivity contribution is 0.190. The molecule has 4 nitrogen and oxygen atoms in total. The summed E-state index contributed by atoms with van der Waals surface area (Å²) >= 11 is 7.52. The quantitative estimate of drug-likeness (QED) is 0.779. The van der Waals surface area contributed by atoms with Crippen molar-refractivity contribution in [1.29, 1.82) is 0 Å². The van der Waals surface area contributed by atoms with Crippen LogP contribution in [0.15, 0.2) is 41.4 Å². The van der Waals surface area contributed by atoms with Crippen molar-refractivity contribution in [2.24, 2.45) is 0 Å². The highest BCUT2D eigenvalue weighted by molar-refractivity contribution is 7.98. The van der Waals surface area contributed by atoms with Crippen LogP contribution in [0, 0.1) is 0 Å². The highest BCUT2D eigenvalue weighted by Crippen LogP contribution is 2.23. The molecule has 112 valence electrons. The van der Waals surface area contributed by atoms with Crippen molar-refractivity contribution in [3.05, 3.63) is 47.0 Å². The molecule has 1 aromatic carbocycles. The van der Waals surface area contributed by atoms with Gasteiger partial charge in [0.1, 0.15) is 10.8 Å². The van der Waals surface area contributed by atoms with Crippen molar-refractivity contribution in [3.63, 3.8) is 0 Å². The second-order valence-corrected chi connectivity index (χ2v) is 5.75. The van der Waals surface area contributed by atoms with Gasteiger partial charge in [0.25, 0.3) is 0 Å². The zero-order chi connectivity index (χ0) is 15.1. The zero-order valence-corrected chi connectivity index (χ0v) is 13.6. The van der Waals surface area contributed by atoms with Gasteiger partial charge in [-0.05, 0) is 42.5 Å². The van der Waals surface area contributed by atoms with Gasteiger partial charge in [-0.25, -0.2) is 0 Å². The third kappa shape index (κ3) is 4.88. The summed E-state index contributed by atoms with van der Waals surface area (Å²) in [6.07, 6.45) is 2.82. The predicted octanol–water partition coefficient (Wildman–Crippen LogP) is 4.04. The molecule has 0 aliphatic rings. The first kappa shape index (κ1) is 16.1. The van der Waals surface area contributed by atoms with Gasteiger partial charge in [-0.15, -0.1) is 22.0 Å². The van der Waals surface area contributed by atoms with Crippen molar-refractivity contribution >= 4 is 29.2 Å². The Balaban J connectivity index is 2.13. The van der Waals surface area contributed by atoms with Crippen LogP contribution in [0.4, 0.5) is 5.82 Å². The van der Waals surface area contributed by atoms with Crippen molar-refractivity contribution < 1.29 is 4.74 Å². The Morgan fingerprint density at radius 3 is 2.52 bits per heavy atom. The topological polar surface area (TPSA) is 47.0 Å². The normalized spacial score (nSPS) is 12.1. The number of aromatic nitrogens is 2. The number of rotatable bonds is 7. The second kappa shape index (κ2) is 8.22. The fourth-order valence-electron chi connectivity index (χ4n) is 1.94. The second-order valence-electron chi connectivity index (χ2n) is 4.49. The van der Waals surface area contributed by atoms with Gasteiger partial charge in [0, 0.05) is 18.7 Å². The molecule has 0 saturated carbocycles. The largest absolute Gasteiger partial charge is 0.385 e. The number of hydrogen-bond donors (Lipinski definition) is 1. The Hall–Kier alpha value is -1.30. The molecule has 1 atom stereocenters. The average Bonchev–Trinajstić information content (AvgIpc) is 2.53. The fraction of sp³-hybridized carbons (Fsp3) is 0.333. The van der Waals surface area contributed by atoms with Crippen LogP contribution in [0.2, 0.25) is 5.02 Å². The maximum Gasteiger partial charge on any atom is 0.149 e. The predicted molar refractivity (Wildman–Crippen MR) is 88.1 cm³/mol. The van der Waals surface area contributed by atoms with Gasteiger partial charge in [0.05, 0.1) is 6.04 Å². The summed E-state index contributed by atoms with van der Waals surface area (Å²) in [6, 6.07) is 11.8. The molecule has 21 heavy (non-hydrogen) atoms. The van der Waals surface area contributed by atoms with E-state index in [4.69, 9.17) is 16.3 Å². The van der Waals surface area contributed by atoms with E-state index >= 15 is 0 Å². The van der Waals surface area contributed by atoms with Crippen LogP contribution in [-0.4, -0.2) is 30.2 Å². The lowest BCUT2D eigenvalue weighted by Gasteiger charge is -2.19. The summed E-state index contributed by atoms with van der Waals surface area (Å²) in [4.78, 5) is 0. The molecule has 2 aromatic rings. The van der Waals surface area contributed by atoms with E-state index in [2.05, 4.69) is 15.5 Å². The maximum absolute atomic E-state index is 5.94. The molecule has 0 saturated heterocycles. The lowest BCUT2D eigenvalue weighted by atomic mass is 10.0. The number of methoxy groups -OCH3 is 1. The third-order valence-electron chi connectivity index (χ3n) is 3.05. The molecule has 0 aliphatic heterocycles. The van der Waals surface area contributed by atoms with Gasteiger partial charge in [0.15, 0.2) is 0 Å². The molecule has 0 aliphatic carbocycles. The number of thioether (sulfide) groups is 1. The summed E-state index contributed by atoms with van der Waals surface area (Å²) in [7, 11) is 1.70. The summed E-state index contributed by atoms with van der Waals surface area (Å²) in [5.74, 6) is 0.754. The Morgan fingerprint density at radius 1 is 1.19 bits per heavy atom. The summed E-state index contributed by atoms with van der Waals surface area (Å²) in [5, 5.41) is 13.4. The van der Waals surface area contributed by atoms with E-state index in [1.54, 1.807) is 18.9 Å². The Bertz CT molecular complexity index is 548. The molecule has 0 fully saturated rings. The first-order chi connectivity index (χ1) is 10.2. The van der Waals surface area contributed by atoms with Gasteiger partial charge in [0.2, 0.25) is 0 Å². The van der Waals surface area contributed by atoms with Crippen LogP contribution < -0.4 is 5.32 Å². The summed E-state index contributed by atoms with van der Waals surface area (Å²) in [6.45, 7) is 0.663. The molecule has 0 spiro atoms. The number of hydrogen-bond acceptors (Lipinski definition) is 5. The third-order valence-corrected chi connectivity index (χ3v) is 3.94. The standard InChI is InChI=1S/C15H18ClN3OS/c1-20-10-9-13(11-3-5-12(16)6-4-11)17-14-7-8-15(21-2)19-18-14/h3-8,13H,9-10H2,1-2H3,(H,17,18). The zero-order valence-electron chi connectivity index (χ0n) is 12.0. The van der Waals surface area contributed by atoms with Gasteiger partial charge in [-0.3, -0.25) is 0 Å². The molecule has 0 radical (unpaired) electrons. The molecule has 1 heterocycles. The highest BCUT2D eigenvalue weighted by Gasteiger charge is 2.12. The van der Waals surface area contributed by atoms with E-state index in [-0.39, 0.29) is 6.04 Å². The van der Waals surface area contributed by atoms with E-state index in [9.17, 15) is 0 Å². The van der Waals surface area contributed by atoms with Crippen LogP contribution in [0.1, 0.15) is 18.0 Å². The first-order valence-corrected chi connectivity index (χ1v) is 8.22. The smallest absolute Gasteiger partial charge is 0.149 e. The number of halogens is 1. The number of benzene rings is 1. The molecule has 1 unspecified atom stereocenters. The minimum absolute atomic E-state index is 0.108. The van der Waals surface area contributed by atoms with E-state index < -0.39 is 0 Å². The Kier molecular flexibility index (Phi) is 6.29. The molecule has 1 aromatic heterocycles. The van der Waals surface area contributed by atoms with Crippen LogP contribution in [0.3, 0.4) is 0 Å². The maximum atomic E-state index is 5.94. The first-order valence-electron chi connectivity index (χ1n) is 6.61. The fourth-order valence-corrected chi connectivity index (χ4v) is 2.39. The molecule has 0 amide bonds. The van der Waals surface area contributed by atoms with Crippen molar-refractivity contribution in [2.45, 2.75) is 17.5 Å². The van der Waals surface area contributed by atoms with Crippen LogP contribution in [-0.2, 0) is 4.74 Å². The summed E-state index contributed by atoms with van der Waals surface area (Å²) in [5.41, 5.74) is 1.15. The van der Waals surface area contributed by atoms with Crippen molar-refractivity contribution in [1.82, 2.24) is 10.2 Å². The van der Waals surface area contributed by atoms with Gasteiger partial charge < -0.3 is 10.1 Å². The lowest BCUT2D eigenvalue weighted by Crippen LogP contribution is -2.14. The minimum atomic E-state index is 0.108. The Labute approximate surface area is 134 Å². The summed E-state index contributed by atoms with van der Waals surface area (Å²) < 4.78 is 5.19. The van der Waals surface area contributed by atoms with E-state index in [1.165, 1.54) is 0 Å². The number of nitrogens with zero attached hydrogens (tertiary/aromatic N) is 2. The monoisotopic (exact) mass is 323 g/mol. The molecule has 0 bridgehead atoms. The van der Waals surface area contributed by atoms with E-state index in [0.717, 1.165) is 27.9 Å². The van der Waals surface area contributed by atoms with E-state index in [0.29, 0.717) is 6.61 Å². The van der Waals surface area contributed by atoms with E-state index in [1.807, 2.05) is 42.7 Å². The molecule has 6 heteroatoms. The molecular formula is C15H18ClN3OS. The van der Waals surface area contributed by atoms with Crippen LogP contribution in [0.5, 0.6) is 0 Å². The number of anilines is 1. The SMILES string of the molecule is COCCC(Nc1ccc(SC)nn1)c1ccc(Cl)cc1. The number of nitrogens with one attached hydrogen (secondary N) is 1. The highest BCUT2D eigenvalue weighted by atomic mass is 35.5. The molecular weight excluding hydrogens is 306 g/mol. The molecule has 1 N–H and O–H groups in total. The van der Waals surface area contributed by atoms with Crippen LogP contribution >= 0.6 is 23.4 Å². The molecule has 2 rings (SSSR count). The minimum Gasteiger partial charge on any atom is -0.385 e. The van der Waals surface area contributed by atoms with Gasteiger partial charge in [-0.2, -0.15) is 0 Å². The average molecular weight is 324 g/mol. The van der Waals surface area contributed by atoms with Gasteiger partial charge >= 0.3 is 0 Å². The van der Waals surface area contributed by atoms with Crippen molar-refractivity contribution in [2.75, 3.05) is 25.3 Å². The van der Waals surface area contributed by atoms with Crippen molar-refractivity contribution in [3.8, 4) is 0 Å². The van der Waals surface area contributed by atoms with Gasteiger partial charge in [-0.1, -0.05) is 23.7 Å². The van der Waals surface area contributed by atoms with Crippen LogP contribution in [0.25, 0.3) is 0 Å².